The molecule has 122 valence electrons. The Morgan fingerprint density at radius 3 is 3.04 bits per heavy atom. The third-order valence-corrected chi connectivity index (χ3v) is 5.40. The molecule has 0 unspecified atom stereocenters. The Labute approximate surface area is 138 Å². The molecule has 0 saturated carbocycles. The average molecular weight is 333 g/mol. The van der Waals surface area contributed by atoms with Crippen LogP contribution in [0.25, 0.3) is 0 Å². The fourth-order valence-electron chi connectivity index (χ4n) is 3.37. The third kappa shape index (κ3) is 2.56. The molecule has 2 aliphatic rings. The summed E-state index contributed by atoms with van der Waals surface area (Å²) in [6, 6.07) is 3.49. The highest BCUT2D eigenvalue weighted by molar-refractivity contribution is 7.12. The van der Waals surface area contributed by atoms with Crippen molar-refractivity contribution in [1.29, 1.82) is 0 Å². The van der Waals surface area contributed by atoms with Crippen LogP contribution in [0, 0.1) is 0 Å². The summed E-state index contributed by atoms with van der Waals surface area (Å²) in [6.45, 7) is 2.87. The minimum Gasteiger partial charge on any atom is -0.391 e. The van der Waals surface area contributed by atoms with Crippen LogP contribution >= 0.6 is 11.3 Å². The Morgan fingerprint density at radius 1 is 1.39 bits per heavy atom. The lowest BCUT2D eigenvalue weighted by Gasteiger charge is -2.27. The van der Waals surface area contributed by atoms with Gasteiger partial charge in [0.2, 0.25) is 0 Å². The number of likely N-dealkylation sites (N-methyl/N-ethyl adjacent to an activating group) is 1. The van der Waals surface area contributed by atoms with Crippen molar-refractivity contribution in [2.75, 3.05) is 20.1 Å². The number of hydrogen-bond donors (Lipinski definition) is 1. The lowest BCUT2D eigenvalue weighted by atomic mass is 10.1. The number of aliphatic hydroxyl groups is 1. The molecule has 4 rings (SSSR count). The molecule has 4 heterocycles. The number of rotatable bonds is 2. The molecular formula is C15H19N5O2S. The van der Waals surface area contributed by atoms with Gasteiger partial charge in [-0.3, -0.25) is 9.69 Å². The summed E-state index contributed by atoms with van der Waals surface area (Å²) in [5.74, 6) is 1.69. The fraction of sp³-hybridized carbons (Fsp3) is 0.533. The third-order valence-electron chi connectivity index (χ3n) is 4.54. The fourth-order valence-corrected chi connectivity index (χ4v) is 4.05. The summed E-state index contributed by atoms with van der Waals surface area (Å²) in [5, 5.41) is 20.6. The first kappa shape index (κ1) is 14.8. The Kier molecular flexibility index (Phi) is 3.67. The maximum absolute atomic E-state index is 12.7. The van der Waals surface area contributed by atoms with Crippen molar-refractivity contribution in [3.8, 4) is 0 Å². The molecule has 8 heteroatoms. The van der Waals surface area contributed by atoms with E-state index in [4.69, 9.17) is 0 Å². The number of nitrogens with zero attached hydrogens (tertiary/aromatic N) is 5. The van der Waals surface area contributed by atoms with Crippen molar-refractivity contribution in [3.63, 3.8) is 0 Å². The summed E-state index contributed by atoms with van der Waals surface area (Å²) in [4.78, 5) is 17.4. The monoisotopic (exact) mass is 333 g/mol. The van der Waals surface area contributed by atoms with Crippen LogP contribution in [0.5, 0.6) is 0 Å². The van der Waals surface area contributed by atoms with Crippen molar-refractivity contribution < 1.29 is 9.90 Å². The van der Waals surface area contributed by atoms with E-state index in [0.717, 1.165) is 31.3 Å². The van der Waals surface area contributed by atoms with Crippen LogP contribution in [-0.2, 0) is 13.1 Å². The molecule has 2 atom stereocenters. The first-order chi connectivity index (χ1) is 11.1. The number of carbonyl (C=O) groups is 1. The van der Waals surface area contributed by atoms with Crippen LogP contribution in [0.4, 0.5) is 0 Å². The van der Waals surface area contributed by atoms with Crippen molar-refractivity contribution in [3.05, 3.63) is 34.0 Å². The van der Waals surface area contributed by atoms with E-state index in [0.29, 0.717) is 17.8 Å². The second-order valence-corrected chi connectivity index (χ2v) is 7.15. The van der Waals surface area contributed by atoms with E-state index < -0.39 is 6.10 Å². The molecule has 0 radical (unpaired) electrons. The molecule has 7 nitrogen and oxygen atoms in total. The van der Waals surface area contributed by atoms with Crippen LogP contribution in [0.15, 0.2) is 17.5 Å². The molecule has 2 aromatic rings. The second-order valence-electron chi connectivity index (χ2n) is 6.20. The van der Waals surface area contributed by atoms with Crippen molar-refractivity contribution in [1.82, 2.24) is 24.6 Å². The Hall–Kier alpha value is -1.77. The van der Waals surface area contributed by atoms with Crippen LogP contribution in [0.2, 0.25) is 0 Å². The highest BCUT2D eigenvalue weighted by atomic mass is 32.1. The Bertz CT molecular complexity index is 714. The number of aliphatic hydroxyl groups excluding tert-OH is 1. The van der Waals surface area contributed by atoms with Gasteiger partial charge in [0.25, 0.3) is 5.91 Å². The molecule has 0 aliphatic carbocycles. The highest BCUT2D eigenvalue weighted by Gasteiger charge is 2.39. The lowest BCUT2D eigenvalue weighted by molar-refractivity contribution is 0.0712. The summed E-state index contributed by atoms with van der Waals surface area (Å²) in [6.07, 6.45) is 0.00794. The molecule has 1 N–H and O–H groups in total. The van der Waals surface area contributed by atoms with Gasteiger partial charge < -0.3 is 14.6 Å². The molecule has 1 amide bonds. The normalized spacial score (nSPS) is 24.9. The van der Waals surface area contributed by atoms with Crippen molar-refractivity contribution in [2.24, 2.45) is 0 Å². The zero-order valence-electron chi connectivity index (χ0n) is 12.9. The molecule has 0 aromatic carbocycles. The number of β-amino-alcohol motifs (C(OH)–C–C–N with tert-alkyl or cyclic N) is 1. The topological polar surface area (TPSA) is 74.5 Å². The first-order valence-electron chi connectivity index (χ1n) is 7.76. The van der Waals surface area contributed by atoms with E-state index >= 15 is 0 Å². The van der Waals surface area contributed by atoms with Crippen molar-refractivity contribution >= 4 is 17.2 Å². The van der Waals surface area contributed by atoms with E-state index in [9.17, 15) is 9.90 Å². The maximum Gasteiger partial charge on any atom is 0.264 e. The van der Waals surface area contributed by atoms with Crippen LogP contribution in [0.1, 0.15) is 33.8 Å². The van der Waals surface area contributed by atoms with Gasteiger partial charge in [-0.1, -0.05) is 6.07 Å². The molecule has 0 spiro atoms. The first-order valence-corrected chi connectivity index (χ1v) is 8.64. The minimum absolute atomic E-state index is 0.0353. The van der Waals surface area contributed by atoms with Gasteiger partial charge in [-0.05, 0) is 18.5 Å². The van der Waals surface area contributed by atoms with E-state index in [1.165, 1.54) is 11.3 Å². The van der Waals surface area contributed by atoms with Gasteiger partial charge in [0.1, 0.15) is 5.82 Å². The molecular weight excluding hydrogens is 314 g/mol. The molecule has 2 aliphatic heterocycles. The van der Waals surface area contributed by atoms with E-state index in [-0.39, 0.29) is 11.9 Å². The number of hydrogen-bond acceptors (Lipinski definition) is 6. The second kappa shape index (κ2) is 5.70. The quantitative estimate of drug-likeness (QED) is 0.877. The summed E-state index contributed by atoms with van der Waals surface area (Å²) >= 11 is 1.43. The van der Waals surface area contributed by atoms with Crippen LogP contribution < -0.4 is 0 Å². The number of carbonyl (C=O) groups excluding carboxylic acids is 1. The zero-order chi connectivity index (χ0) is 16.0. The molecule has 23 heavy (non-hydrogen) atoms. The number of amides is 1. The molecule has 1 saturated heterocycles. The predicted octanol–water partition coefficient (Wildman–Crippen LogP) is 0.733. The van der Waals surface area contributed by atoms with Crippen LogP contribution in [-0.4, -0.2) is 61.8 Å². The van der Waals surface area contributed by atoms with Gasteiger partial charge in [-0.25, -0.2) is 0 Å². The standard InChI is InChI=1S/C15H19N5O2S/c1-18-4-5-19-13(9-18)16-17-14(19)11-7-10(21)8-20(11)15(22)12-3-2-6-23-12/h2-3,6,10-11,21H,4-5,7-9H2,1H3/t10-,11-/m0/s1. The Balaban J connectivity index is 1.66. The molecule has 0 bridgehead atoms. The SMILES string of the molecule is CN1CCn2c(nnc2[C@@H]2C[C@H](O)CN2C(=O)c2cccs2)C1. The minimum atomic E-state index is -0.511. The van der Waals surface area contributed by atoms with Gasteiger partial charge >= 0.3 is 0 Å². The van der Waals surface area contributed by atoms with E-state index in [1.54, 1.807) is 4.90 Å². The highest BCUT2D eigenvalue weighted by Crippen LogP contribution is 2.34. The van der Waals surface area contributed by atoms with Gasteiger partial charge in [0, 0.05) is 26.1 Å². The summed E-state index contributed by atoms with van der Waals surface area (Å²) < 4.78 is 2.11. The zero-order valence-corrected chi connectivity index (χ0v) is 13.7. The largest absolute Gasteiger partial charge is 0.391 e. The molecule has 1 fully saturated rings. The summed E-state index contributed by atoms with van der Waals surface area (Å²) in [7, 11) is 2.06. The van der Waals surface area contributed by atoms with Crippen molar-refractivity contribution in [2.45, 2.75) is 31.7 Å². The number of fused-ring (bicyclic) bond motifs is 1. The van der Waals surface area contributed by atoms with Gasteiger partial charge in [-0.2, -0.15) is 0 Å². The predicted molar refractivity (Wildman–Crippen MR) is 85.1 cm³/mol. The number of likely N-dealkylation sites (tertiary alicyclic amines) is 1. The van der Waals surface area contributed by atoms with E-state index in [2.05, 4.69) is 26.7 Å². The van der Waals surface area contributed by atoms with Gasteiger partial charge in [-0.15, -0.1) is 21.5 Å². The average Bonchev–Trinajstić information content (AvgIpc) is 3.24. The van der Waals surface area contributed by atoms with E-state index in [1.807, 2.05) is 17.5 Å². The maximum atomic E-state index is 12.7. The molecule has 2 aromatic heterocycles. The number of aromatic nitrogens is 3. The van der Waals surface area contributed by atoms with Crippen LogP contribution in [0.3, 0.4) is 0 Å². The Morgan fingerprint density at radius 2 is 2.26 bits per heavy atom. The van der Waals surface area contributed by atoms with Gasteiger partial charge in [0.05, 0.1) is 23.6 Å². The summed E-state index contributed by atoms with van der Waals surface area (Å²) in [5.41, 5.74) is 0. The van der Waals surface area contributed by atoms with Gasteiger partial charge in [0.15, 0.2) is 5.82 Å². The number of thiophene rings is 1. The smallest absolute Gasteiger partial charge is 0.264 e. The lowest BCUT2D eigenvalue weighted by Crippen LogP contribution is -2.35.